The van der Waals surface area contributed by atoms with Gasteiger partial charge in [0, 0.05) is 6.08 Å². The normalized spacial score (nSPS) is 19.5. The van der Waals surface area contributed by atoms with Gasteiger partial charge in [0.1, 0.15) is 6.61 Å². The molecule has 1 aliphatic carbocycles. The molecule has 1 fully saturated rings. The minimum atomic E-state index is -0.380. The second-order valence-electron chi connectivity index (χ2n) is 4.04. The molecular weight excluding hydrogens is 192 g/mol. The lowest BCUT2D eigenvalue weighted by Crippen LogP contribution is -2.26. The Labute approximate surface area is 91.4 Å². The molecule has 1 atom stereocenters. The summed E-state index contributed by atoms with van der Waals surface area (Å²) in [6, 6.07) is 0. The molecule has 3 heteroatoms. The van der Waals surface area contributed by atoms with Crippen molar-refractivity contribution in [1.29, 1.82) is 0 Å². The van der Waals surface area contributed by atoms with Crippen molar-refractivity contribution in [2.24, 2.45) is 0 Å². The van der Waals surface area contributed by atoms with Gasteiger partial charge >= 0.3 is 5.97 Å². The van der Waals surface area contributed by atoms with Gasteiger partial charge in [-0.1, -0.05) is 25.8 Å². The molecule has 1 saturated carbocycles. The van der Waals surface area contributed by atoms with E-state index in [1.165, 1.54) is 25.3 Å². The molecule has 15 heavy (non-hydrogen) atoms. The molecule has 0 aliphatic heterocycles. The van der Waals surface area contributed by atoms with Crippen molar-refractivity contribution >= 4 is 5.97 Å². The van der Waals surface area contributed by atoms with E-state index in [9.17, 15) is 4.79 Å². The van der Waals surface area contributed by atoms with Crippen molar-refractivity contribution < 1.29 is 14.3 Å². The minimum absolute atomic E-state index is 0.0167. The van der Waals surface area contributed by atoms with Gasteiger partial charge in [-0.3, -0.25) is 0 Å². The molecule has 0 spiro atoms. The van der Waals surface area contributed by atoms with Crippen LogP contribution in [0.4, 0.5) is 0 Å². The van der Waals surface area contributed by atoms with Crippen molar-refractivity contribution in [3.63, 3.8) is 0 Å². The highest BCUT2D eigenvalue weighted by Gasteiger charge is 2.17. The average Bonchev–Trinajstić information content (AvgIpc) is 2.27. The van der Waals surface area contributed by atoms with Crippen LogP contribution in [0, 0.1) is 0 Å². The van der Waals surface area contributed by atoms with Gasteiger partial charge in [-0.25, -0.2) is 4.79 Å². The summed E-state index contributed by atoms with van der Waals surface area (Å²) in [5.41, 5.74) is 0. The summed E-state index contributed by atoms with van der Waals surface area (Å²) in [5.74, 6) is -0.380. The minimum Gasteiger partial charge on any atom is -0.460 e. The van der Waals surface area contributed by atoms with E-state index in [0.717, 1.165) is 12.8 Å². The van der Waals surface area contributed by atoms with Crippen molar-refractivity contribution in [2.45, 2.75) is 51.2 Å². The van der Waals surface area contributed by atoms with E-state index in [4.69, 9.17) is 9.47 Å². The first-order chi connectivity index (χ1) is 7.22. The predicted molar refractivity (Wildman–Crippen MR) is 58.6 cm³/mol. The van der Waals surface area contributed by atoms with E-state index in [0.29, 0.717) is 12.7 Å². The Hall–Kier alpha value is -0.830. The van der Waals surface area contributed by atoms with Crippen LogP contribution in [0.15, 0.2) is 12.7 Å². The van der Waals surface area contributed by atoms with Gasteiger partial charge in [0.2, 0.25) is 0 Å². The summed E-state index contributed by atoms with van der Waals surface area (Å²) in [6.07, 6.45) is 7.62. The standard InChI is InChI=1S/C12H20O3/c1-3-12(13)14-9-10(2)15-11-7-5-4-6-8-11/h3,10-11H,1,4-9H2,2H3. The Morgan fingerprint density at radius 3 is 2.73 bits per heavy atom. The molecule has 1 unspecified atom stereocenters. The fourth-order valence-electron chi connectivity index (χ4n) is 1.83. The highest BCUT2D eigenvalue weighted by atomic mass is 16.6. The average molecular weight is 212 g/mol. The van der Waals surface area contributed by atoms with Crippen LogP contribution >= 0.6 is 0 Å². The van der Waals surface area contributed by atoms with Crippen LogP contribution in [0.5, 0.6) is 0 Å². The molecule has 3 nitrogen and oxygen atoms in total. The van der Waals surface area contributed by atoms with Gasteiger partial charge in [0.05, 0.1) is 12.2 Å². The van der Waals surface area contributed by atoms with E-state index in [2.05, 4.69) is 6.58 Å². The summed E-state index contributed by atoms with van der Waals surface area (Å²) in [6.45, 7) is 5.60. The van der Waals surface area contributed by atoms with Crippen LogP contribution in [-0.4, -0.2) is 24.8 Å². The predicted octanol–water partition coefficient (Wildman–Crippen LogP) is 2.45. The molecule has 0 radical (unpaired) electrons. The fourth-order valence-corrected chi connectivity index (χ4v) is 1.83. The third-order valence-corrected chi connectivity index (χ3v) is 2.60. The van der Waals surface area contributed by atoms with E-state index < -0.39 is 0 Å². The van der Waals surface area contributed by atoms with Crippen molar-refractivity contribution in [2.75, 3.05) is 6.61 Å². The first-order valence-electron chi connectivity index (χ1n) is 5.67. The third-order valence-electron chi connectivity index (χ3n) is 2.60. The molecule has 0 amide bonds. The van der Waals surface area contributed by atoms with E-state index in [-0.39, 0.29) is 12.1 Å². The monoisotopic (exact) mass is 212 g/mol. The largest absolute Gasteiger partial charge is 0.460 e. The van der Waals surface area contributed by atoms with Gasteiger partial charge in [-0.15, -0.1) is 0 Å². The highest BCUT2D eigenvalue weighted by Crippen LogP contribution is 2.21. The van der Waals surface area contributed by atoms with Crippen LogP contribution in [0.3, 0.4) is 0 Å². The maximum Gasteiger partial charge on any atom is 0.330 e. The zero-order chi connectivity index (χ0) is 11.1. The molecule has 0 N–H and O–H groups in total. The summed E-state index contributed by atoms with van der Waals surface area (Å²) in [4.78, 5) is 10.8. The Morgan fingerprint density at radius 1 is 1.47 bits per heavy atom. The molecule has 0 aromatic rings. The van der Waals surface area contributed by atoms with Crippen LogP contribution < -0.4 is 0 Å². The Kier molecular flexibility index (Phi) is 5.40. The van der Waals surface area contributed by atoms with Gasteiger partial charge in [-0.2, -0.15) is 0 Å². The molecule has 0 saturated heterocycles. The summed E-state index contributed by atoms with van der Waals surface area (Å²) < 4.78 is 10.7. The van der Waals surface area contributed by atoms with Crippen molar-refractivity contribution in [3.05, 3.63) is 12.7 Å². The lowest BCUT2D eigenvalue weighted by atomic mass is 9.98. The number of ether oxygens (including phenoxy) is 2. The second-order valence-corrected chi connectivity index (χ2v) is 4.04. The molecule has 0 aromatic heterocycles. The van der Waals surface area contributed by atoms with Gasteiger partial charge in [0.15, 0.2) is 0 Å². The highest BCUT2D eigenvalue weighted by molar-refractivity contribution is 5.81. The molecular formula is C12H20O3. The zero-order valence-electron chi connectivity index (χ0n) is 9.41. The first kappa shape index (κ1) is 12.2. The number of rotatable bonds is 5. The quantitative estimate of drug-likeness (QED) is 0.518. The summed E-state index contributed by atoms with van der Waals surface area (Å²) >= 11 is 0. The molecule has 1 aliphatic rings. The van der Waals surface area contributed by atoms with Gasteiger partial charge < -0.3 is 9.47 Å². The Balaban J connectivity index is 2.13. The molecule has 0 aromatic carbocycles. The van der Waals surface area contributed by atoms with Crippen molar-refractivity contribution in [3.8, 4) is 0 Å². The molecule has 86 valence electrons. The third kappa shape index (κ3) is 4.98. The maximum atomic E-state index is 10.8. The lowest BCUT2D eigenvalue weighted by molar-refractivity contribution is -0.143. The van der Waals surface area contributed by atoms with E-state index in [1.54, 1.807) is 0 Å². The lowest BCUT2D eigenvalue weighted by Gasteiger charge is -2.25. The summed E-state index contributed by atoms with van der Waals surface area (Å²) in [7, 11) is 0. The number of esters is 1. The number of hydrogen-bond donors (Lipinski definition) is 0. The maximum absolute atomic E-state index is 10.8. The number of hydrogen-bond acceptors (Lipinski definition) is 3. The first-order valence-corrected chi connectivity index (χ1v) is 5.67. The second kappa shape index (κ2) is 6.62. The topological polar surface area (TPSA) is 35.5 Å². The van der Waals surface area contributed by atoms with Gasteiger partial charge in [-0.05, 0) is 19.8 Å². The number of carbonyl (C=O) groups is 1. The fraction of sp³-hybridized carbons (Fsp3) is 0.750. The smallest absolute Gasteiger partial charge is 0.330 e. The Bertz CT molecular complexity index is 207. The van der Waals surface area contributed by atoms with Crippen LogP contribution in [-0.2, 0) is 14.3 Å². The van der Waals surface area contributed by atoms with Crippen LogP contribution in [0.2, 0.25) is 0 Å². The molecule has 0 bridgehead atoms. The van der Waals surface area contributed by atoms with Crippen molar-refractivity contribution in [1.82, 2.24) is 0 Å². The van der Waals surface area contributed by atoms with Crippen LogP contribution in [0.1, 0.15) is 39.0 Å². The van der Waals surface area contributed by atoms with E-state index >= 15 is 0 Å². The SMILES string of the molecule is C=CC(=O)OCC(C)OC1CCCCC1. The summed E-state index contributed by atoms with van der Waals surface area (Å²) in [5, 5.41) is 0. The Morgan fingerprint density at radius 2 is 2.13 bits per heavy atom. The number of carbonyl (C=O) groups excluding carboxylic acids is 1. The van der Waals surface area contributed by atoms with Crippen LogP contribution in [0.25, 0.3) is 0 Å². The molecule has 1 rings (SSSR count). The molecule has 0 heterocycles. The zero-order valence-corrected chi connectivity index (χ0v) is 9.41. The van der Waals surface area contributed by atoms with Gasteiger partial charge in [0.25, 0.3) is 0 Å². The van der Waals surface area contributed by atoms with E-state index in [1.807, 2.05) is 6.92 Å².